The molecule has 0 aliphatic rings. The van der Waals surface area contributed by atoms with E-state index in [2.05, 4.69) is 4.99 Å². The summed E-state index contributed by atoms with van der Waals surface area (Å²) in [4.78, 5) is 3.88. The molecular weight excluding hydrogens is 238 g/mol. The minimum absolute atomic E-state index is 0.114. The molecule has 0 aliphatic heterocycles. The summed E-state index contributed by atoms with van der Waals surface area (Å²) in [5.41, 5.74) is 12.5. The van der Waals surface area contributed by atoms with Gasteiger partial charge in [-0.05, 0) is 37.1 Å². The largest absolute Gasteiger partial charge is 0.494 e. The summed E-state index contributed by atoms with van der Waals surface area (Å²) >= 11 is 6.07. The Balaban J connectivity index is 2.45. The van der Waals surface area contributed by atoms with Gasteiger partial charge in [-0.3, -0.25) is 4.99 Å². The molecule has 1 rings (SSSR count). The van der Waals surface area contributed by atoms with Gasteiger partial charge in [0.2, 0.25) is 0 Å². The number of aliphatic imine (C=N–C) groups is 1. The third kappa shape index (κ3) is 4.53. The summed E-state index contributed by atoms with van der Waals surface area (Å²) in [6.45, 7) is 5.08. The molecule has 0 aliphatic carbocycles. The van der Waals surface area contributed by atoms with Crippen molar-refractivity contribution < 1.29 is 4.74 Å². The lowest BCUT2D eigenvalue weighted by Gasteiger charge is -2.09. The van der Waals surface area contributed by atoms with Gasteiger partial charge in [-0.25, -0.2) is 0 Å². The lowest BCUT2D eigenvalue weighted by molar-refractivity contribution is 0.313. The maximum Gasteiger partial charge on any atom is 0.185 e. The zero-order chi connectivity index (χ0) is 12.8. The fraction of sp³-hybridized carbons (Fsp3) is 0.417. The molecule has 0 bridgehead atoms. The van der Waals surface area contributed by atoms with Crippen LogP contribution in [0.4, 0.5) is 0 Å². The van der Waals surface area contributed by atoms with Crippen molar-refractivity contribution in [3.8, 4) is 5.75 Å². The normalized spacial score (nSPS) is 10.1. The van der Waals surface area contributed by atoms with E-state index >= 15 is 0 Å². The van der Waals surface area contributed by atoms with E-state index in [0.29, 0.717) is 13.2 Å². The van der Waals surface area contributed by atoms with Crippen LogP contribution in [-0.2, 0) is 0 Å². The maximum atomic E-state index is 6.07. The molecule has 0 aromatic heterocycles. The van der Waals surface area contributed by atoms with Crippen molar-refractivity contribution in [1.29, 1.82) is 0 Å². The van der Waals surface area contributed by atoms with Gasteiger partial charge in [-0.2, -0.15) is 0 Å². The number of rotatable bonds is 5. The van der Waals surface area contributed by atoms with Crippen LogP contribution in [0.5, 0.6) is 5.75 Å². The fourth-order valence-corrected chi connectivity index (χ4v) is 1.56. The Kier molecular flexibility index (Phi) is 5.10. The number of nitrogens with zero attached hydrogens (tertiary/aromatic N) is 1. The molecule has 1 aromatic carbocycles. The number of aryl methyl sites for hydroxylation is 2. The summed E-state index contributed by atoms with van der Waals surface area (Å²) in [6.07, 6.45) is 0.776. The van der Waals surface area contributed by atoms with Crippen molar-refractivity contribution in [3.05, 3.63) is 28.3 Å². The quantitative estimate of drug-likeness (QED) is 0.480. The minimum Gasteiger partial charge on any atom is -0.494 e. The Hall–Kier alpha value is -1.42. The summed E-state index contributed by atoms with van der Waals surface area (Å²) in [7, 11) is 0. The van der Waals surface area contributed by atoms with E-state index < -0.39 is 0 Å². The first kappa shape index (κ1) is 13.6. The van der Waals surface area contributed by atoms with Gasteiger partial charge in [-0.15, -0.1) is 0 Å². The first-order valence-corrected chi connectivity index (χ1v) is 5.83. The number of benzene rings is 1. The minimum atomic E-state index is 0.114. The van der Waals surface area contributed by atoms with E-state index in [9.17, 15) is 0 Å². The Labute approximate surface area is 107 Å². The van der Waals surface area contributed by atoms with Gasteiger partial charge in [-0.1, -0.05) is 11.6 Å². The highest BCUT2D eigenvalue weighted by atomic mass is 35.5. The van der Waals surface area contributed by atoms with E-state index in [-0.39, 0.29) is 5.96 Å². The van der Waals surface area contributed by atoms with Crippen LogP contribution in [0.3, 0.4) is 0 Å². The number of nitrogens with two attached hydrogens (primary N) is 2. The number of halogens is 1. The van der Waals surface area contributed by atoms with Gasteiger partial charge in [0, 0.05) is 18.0 Å². The van der Waals surface area contributed by atoms with E-state index in [0.717, 1.165) is 28.3 Å². The Morgan fingerprint density at radius 2 is 1.88 bits per heavy atom. The second kappa shape index (κ2) is 6.35. The van der Waals surface area contributed by atoms with Gasteiger partial charge >= 0.3 is 0 Å². The Morgan fingerprint density at radius 3 is 2.41 bits per heavy atom. The van der Waals surface area contributed by atoms with Crippen LogP contribution in [0.2, 0.25) is 5.02 Å². The predicted octanol–water partition coefficient (Wildman–Crippen LogP) is 2.00. The van der Waals surface area contributed by atoms with Crippen LogP contribution >= 0.6 is 11.6 Å². The van der Waals surface area contributed by atoms with Crippen molar-refractivity contribution in [2.24, 2.45) is 16.5 Å². The summed E-state index contributed by atoms with van der Waals surface area (Å²) < 4.78 is 5.59. The van der Waals surface area contributed by atoms with Gasteiger partial charge in [0.1, 0.15) is 5.75 Å². The van der Waals surface area contributed by atoms with Crippen LogP contribution in [-0.4, -0.2) is 19.1 Å². The van der Waals surface area contributed by atoms with Crippen molar-refractivity contribution in [3.63, 3.8) is 0 Å². The summed E-state index contributed by atoms with van der Waals surface area (Å²) in [5.74, 6) is 0.942. The smallest absolute Gasteiger partial charge is 0.185 e. The lowest BCUT2D eigenvalue weighted by atomic mass is 10.1. The number of hydrogen-bond donors (Lipinski definition) is 2. The van der Waals surface area contributed by atoms with Crippen LogP contribution in [0.25, 0.3) is 0 Å². The van der Waals surface area contributed by atoms with Crippen LogP contribution in [0.1, 0.15) is 17.5 Å². The highest BCUT2D eigenvalue weighted by molar-refractivity contribution is 6.32. The Morgan fingerprint density at radius 1 is 1.29 bits per heavy atom. The molecule has 0 fully saturated rings. The molecule has 0 saturated heterocycles. The van der Waals surface area contributed by atoms with Crippen LogP contribution < -0.4 is 16.2 Å². The molecule has 4 N–H and O–H groups in total. The topological polar surface area (TPSA) is 73.6 Å². The average molecular weight is 256 g/mol. The highest BCUT2D eigenvalue weighted by Gasteiger charge is 2.03. The highest BCUT2D eigenvalue weighted by Crippen LogP contribution is 2.25. The third-order valence-electron chi connectivity index (χ3n) is 2.28. The molecule has 0 heterocycles. The lowest BCUT2D eigenvalue weighted by Crippen LogP contribution is -2.23. The molecule has 0 atom stereocenters. The molecule has 0 spiro atoms. The van der Waals surface area contributed by atoms with Crippen molar-refractivity contribution >= 4 is 17.6 Å². The van der Waals surface area contributed by atoms with E-state index in [4.69, 9.17) is 27.8 Å². The molecule has 1 aromatic rings. The molecular formula is C12H18ClN3O. The predicted molar refractivity (Wildman–Crippen MR) is 71.7 cm³/mol. The molecule has 17 heavy (non-hydrogen) atoms. The molecule has 5 heteroatoms. The number of hydrogen-bond acceptors (Lipinski definition) is 2. The van der Waals surface area contributed by atoms with Gasteiger partial charge in [0.25, 0.3) is 0 Å². The van der Waals surface area contributed by atoms with E-state index in [1.54, 1.807) is 0 Å². The second-order valence-corrected chi connectivity index (χ2v) is 4.26. The number of ether oxygens (including phenoxy) is 1. The van der Waals surface area contributed by atoms with E-state index in [1.807, 2.05) is 26.0 Å². The van der Waals surface area contributed by atoms with Gasteiger partial charge in [0.15, 0.2) is 5.96 Å². The Bertz CT molecular complexity index is 391. The zero-order valence-electron chi connectivity index (χ0n) is 10.2. The molecule has 0 amide bonds. The van der Waals surface area contributed by atoms with Gasteiger partial charge < -0.3 is 16.2 Å². The summed E-state index contributed by atoms with van der Waals surface area (Å²) in [5, 5.41) is 0.790. The van der Waals surface area contributed by atoms with E-state index in [1.165, 1.54) is 0 Å². The molecule has 0 saturated carbocycles. The first-order valence-electron chi connectivity index (χ1n) is 5.45. The first-order chi connectivity index (χ1) is 8.00. The van der Waals surface area contributed by atoms with Gasteiger partial charge in [0.05, 0.1) is 6.61 Å². The molecule has 4 nitrogen and oxygen atoms in total. The third-order valence-corrected chi connectivity index (χ3v) is 2.87. The molecule has 94 valence electrons. The molecule has 0 unspecified atom stereocenters. The number of guanidine groups is 1. The van der Waals surface area contributed by atoms with Crippen molar-refractivity contribution in [2.45, 2.75) is 20.3 Å². The zero-order valence-corrected chi connectivity index (χ0v) is 10.9. The van der Waals surface area contributed by atoms with Crippen LogP contribution in [0.15, 0.2) is 17.1 Å². The monoisotopic (exact) mass is 255 g/mol. The fourth-order valence-electron chi connectivity index (χ4n) is 1.45. The van der Waals surface area contributed by atoms with Crippen LogP contribution in [0, 0.1) is 13.8 Å². The molecule has 0 radical (unpaired) electrons. The average Bonchev–Trinajstić information content (AvgIpc) is 2.25. The van der Waals surface area contributed by atoms with Crippen molar-refractivity contribution in [2.75, 3.05) is 13.2 Å². The SMILES string of the molecule is Cc1cc(OCCCN=C(N)N)cc(C)c1Cl. The maximum absolute atomic E-state index is 6.07. The standard InChI is InChI=1S/C12H18ClN3O/c1-8-6-10(7-9(2)11(8)13)17-5-3-4-16-12(14)15/h6-7H,3-5H2,1-2H3,(H4,14,15,16). The summed E-state index contributed by atoms with van der Waals surface area (Å²) in [6, 6.07) is 3.85. The second-order valence-electron chi connectivity index (χ2n) is 3.88. The van der Waals surface area contributed by atoms with Crippen molar-refractivity contribution in [1.82, 2.24) is 0 Å².